The van der Waals surface area contributed by atoms with Gasteiger partial charge in [-0.2, -0.15) is 4.98 Å². The maximum Gasteiger partial charge on any atom is 0.351 e. The quantitative estimate of drug-likeness (QED) is 0.460. The molecule has 2 aliphatic rings. The fraction of sp³-hybridized carbons (Fsp3) is 0.643. The first-order chi connectivity index (χ1) is 11.1. The highest BCUT2D eigenvalue weighted by molar-refractivity contribution is 5.59. The van der Waals surface area contributed by atoms with Crippen molar-refractivity contribution in [2.75, 3.05) is 19.7 Å². The molecule has 3 rings (SSSR count). The fourth-order valence-electron chi connectivity index (χ4n) is 2.78. The second-order valence-corrected chi connectivity index (χ2v) is 5.69. The molecule has 0 amide bonds. The van der Waals surface area contributed by atoms with Gasteiger partial charge >= 0.3 is 5.69 Å². The predicted octanol–water partition coefficient (Wildman–Crippen LogP) is -1.39. The largest absolute Gasteiger partial charge is 0.394 e. The minimum absolute atomic E-state index is 0.268. The van der Waals surface area contributed by atoms with Gasteiger partial charge in [-0.15, -0.1) is 0 Å². The maximum atomic E-state index is 12.1. The van der Waals surface area contributed by atoms with Gasteiger partial charge in [0.05, 0.1) is 12.9 Å². The summed E-state index contributed by atoms with van der Waals surface area (Å²) < 4.78 is 6.39. The van der Waals surface area contributed by atoms with Crippen molar-refractivity contribution in [3.8, 4) is 0 Å². The Morgan fingerprint density at radius 2 is 2.09 bits per heavy atom. The van der Waals surface area contributed by atoms with Crippen LogP contribution in [0.2, 0.25) is 0 Å². The van der Waals surface area contributed by atoms with Crippen LogP contribution in [0, 0.1) is 0 Å². The monoisotopic (exact) mass is 324 g/mol. The molecule has 0 bridgehead atoms. The Morgan fingerprint density at radius 1 is 1.35 bits per heavy atom. The van der Waals surface area contributed by atoms with Gasteiger partial charge < -0.3 is 25.0 Å². The Bertz CT molecular complexity index is 628. The molecule has 0 aromatic carbocycles. The predicted molar refractivity (Wildman–Crippen MR) is 80.5 cm³/mol. The van der Waals surface area contributed by atoms with Crippen molar-refractivity contribution in [3.05, 3.63) is 22.7 Å². The highest BCUT2D eigenvalue weighted by atomic mass is 16.6. The van der Waals surface area contributed by atoms with Crippen molar-refractivity contribution in [1.29, 1.82) is 0 Å². The summed E-state index contributed by atoms with van der Waals surface area (Å²) >= 11 is 0. The Hall–Kier alpha value is -1.81. The highest BCUT2D eigenvalue weighted by Crippen LogP contribution is 2.28. The van der Waals surface area contributed by atoms with E-state index in [9.17, 15) is 15.0 Å². The molecule has 3 heterocycles. The van der Waals surface area contributed by atoms with Gasteiger partial charge in [-0.1, -0.05) is 0 Å². The lowest BCUT2D eigenvalue weighted by atomic mass is 10.1. The zero-order valence-electron chi connectivity index (χ0n) is 12.5. The molecule has 2 unspecified atom stereocenters. The van der Waals surface area contributed by atoms with E-state index in [1.165, 1.54) is 12.3 Å². The molecule has 2 fully saturated rings. The minimum atomic E-state index is -1.31. The first kappa shape index (κ1) is 16.1. The number of hydrogen-bond acceptors (Lipinski definition) is 7. The van der Waals surface area contributed by atoms with Gasteiger partial charge in [0.1, 0.15) is 18.3 Å². The molecule has 0 spiro atoms. The van der Waals surface area contributed by atoms with Crippen LogP contribution < -0.4 is 5.69 Å². The average Bonchev–Trinajstić information content (AvgIpc) is 3.16. The van der Waals surface area contributed by atoms with Crippen LogP contribution in [0.1, 0.15) is 19.1 Å². The van der Waals surface area contributed by atoms with Crippen molar-refractivity contribution < 1.29 is 20.1 Å². The SMILES string of the molecule is O=c1nc(/N=C/N2CCCC2)ccn1[C@@H]1O[C@H](CO)C(O)C1O. The van der Waals surface area contributed by atoms with E-state index in [4.69, 9.17) is 9.84 Å². The molecule has 0 radical (unpaired) electrons. The van der Waals surface area contributed by atoms with E-state index < -0.39 is 36.8 Å². The molecule has 2 aliphatic heterocycles. The summed E-state index contributed by atoms with van der Waals surface area (Å²) in [6.45, 7) is 1.45. The van der Waals surface area contributed by atoms with Gasteiger partial charge in [-0.25, -0.2) is 9.79 Å². The molecular weight excluding hydrogens is 304 g/mol. The lowest BCUT2D eigenvalue weighted by molar-refractivity contribution is -0.0549. The molecule has 126 valence electrons. The van der Waals surface area contributed by atoms with E-state index in [0.717, 1.165) is 30.5 Å². The molecule has 4 atom stereocenters. The average molecular weight is 324 g/mol. The Balaban J connectivity index is 1.76. The van der Waals surface area contributed by atoms with Crippen LogP contribution in [0.4, 0.5) is 5.82 Å². The molecule has 9 nitrogen and oxygen atoms in total. The van der Waals surface area contributed by atoms with E-state index >= 15 is 0 Å². The molecule has 1 aromatic rings. The summed E-state index contributed by atoms with van der Waals surface area (Å²) in [6.07, 6.45) is 0.750. The van der Waals surface area contributed by atoms with Crippen molar-refractivity contribution >= 4 is 12.2 Å². The van der Waals surface area contributed by atoms with Gasteiger partial charge in [-0.05, 0) is 18.9 Å². The van der Waals surface area contributed by atoms with Crippen molar-refractivity contribution in [1.82, 2.24) is 14.5 Å². The number of aliphatic hydroxyl groups excluding tert-OH is 3. The number of hydrogen-bond donors (Lipinski definition) is 3. The van der Waals surface area contributed by atoms with Gasteiger partial charge in [0.2, 0.25) is 0 Å². The van der Waals surface area contributed by atoms with Crippen molar-refractivity contribution in [3.63, 3.8) is 0 Å². The summed E-state index contributed by atoms with van der Waals surface area (Å²) in [6, 6.07) is 1.53. The number of likely N-dealkylation sites (tertiary alicyclic amines) is 1. The van der Waals surface area contributed by atoms with Crippen LogP contribution in [0.15, 0.2) is 22.1 Å². The normalized spacial score (nSPS) is 31.3. The van der Waals surface area contributed by atoms with Crippen LogP contribution in [-0.4, -0.2) is 74.1 Å². The highest BCUT2D eigenvalue weighted by Gasteiger charge is 2.43. The lowest BCUT2D eigenvalue weighted by Gasteiger charge is -2.16. The third kappa shape index (κ3) is 3.27. The third-order valence-corrected chi connectivity index (χ3v) is 4.10. The number of ether oxygens (including phenoxy) is 1. The fourth-order valence-corrected chi connectivity index (χ4v) is 2.78. The summed E-state index contributed by atoms with van der Waals surface area (Å²) in [5, 5.41) is 28.8. The van der Waals surface area contributed by atoms with E-state index in [2.05, 4.69) is 14.9 Å². The van der Waals surface area contributed by atoms with Gasteiger partial charge in [0, 0.05) is 19.3 Å². The molecular formula is C14H20N4O5. The Labute approximate surface area is 132 Å². The number of rotatable bonds is 4. The van der Waals surface area contributed by atoms with Gasteiger partial charge in [0.25, 0.3) is 0 Å². The molecule has 3 N–H and O–H groups in total. The number of nitrogens with zero attached hydrogens (tertiary/aromatic N) is 4. The summed E-state index contributed by atoms with van der Waals surface area (Å²) in [5.41, 5.74) is -0.643. The summed E-state index contributed by atoms with van der Waals surface area (Å²) in [4.78, 5) is 22.2. The second kappa shape index (κ2) is 6.75. The Kier molecular flexibility index (Phi) is 4.71. The van der Waals surface area contributed by atoms with Crippen LogP contribution in [0.5, 0.6) is 0 Å². The molecule has 0 aliphatic carbocycles. The Morgan fingerprint density at radius 3 is 2.70 bits per heavy atom. The van der Waals surface area contributed by atoms with Gasteiger partial charge in [-0.3, -0.25) is 4.57 Å². The topological polar surface area (TPSA) is 120 Å². The standard InChI is InChI=1S/C14H20N4O5/c19-7-9-11(20)12(21)13(23-9)18-6-3-10(16-14(18)22)15-8-17-4-1-2-5-17/h3,6,8-9,11-13,19-21H,1-2,4-5,7H2/b15-8+/t9-,11?,12?,13-/m1/s1. The molecule has 0 saturated carbocycles. The molecule has 9 heteroatoms. The number of aromatic nitrogens is 2. The van der Waals surface area contributed by atoms with Crippen molar-refractivity contribution in [2.24, 2.45) is 4.99 Å². The number of aliphatic hydroxyl groups is 3. The van der Waals surface area contributed by atoms with E-state index in [-0.39, 0.29) is 5.82 Å². The smallest absolute Gasteiger partial charge is 0.351 e. The van der Waals surface area contributed by atoms with Crippen LogP contribution >= 0.6 is 0 Å². The first-order valence-electron chi connectivity index (χ1n) is 7.60. The maximum absolute atomic E-state index is 12.1. The zero-order chi connectivity index (χ0) is 16.4. The van der Waals surface area contributed by atoms with Gasteiger partial charge in [0.15, 0.2) is 12.0 Å². The summed E-state index contributed by atoms with van der Waals surface area (Å²) in [7, 11) is 0. The molecule has 23 heavy (non-hydrogen) atoms. The molecule has 1 aromatic heterocycles. The zero-order valence-corrected chi connectivity index (χ0v) is 12.5. The van der Waals surface area contributed by atoms with Crippen LogP contribution in [-0.2, 0) is 4.74 Å². The van der Waals surface area contributed by atoms with E-state index in [0.29, 0.717) is 0 Å². The van der Waals surface area contributed by atoms with E-state index in [1.54, 1.807) is 6.34 Å². The lowest BCUT2D eigenvalue weighted by Crippen LogP contribution is -2.35. The van der Waals surface area contributed by atoms with E-state index in [1.807, 2.05) is 0 Å². The third-order valence-electron chi connectivity index (χ3n) is 4.10. The van der Waals surface area contributed by atoms with Crippen LogP contribution in [0.3, 0.4) is 0 Å². The second-order valence-electron chi connectivity index (χ2n) is 5.69. The first-order valence-corrected chi connectivity index (χ1v) is 7.60. The molecule has 2 saturated heterocycles. The van der Waals surface area contributed by atoms with Crippen LogP contribution in [0.25, 0.3) is 0 Å². The van der Waals surface area contributed by atoms with Crippen molar-refractivity contribution in [2.45, 2.75) is 37.4 Å². The number of aliphatic imine (C=N–C) groups is 1. The minimum Gasteiger partial charge on any atom is -0.394 e. The summed E-state index contributed by atoms with van der Waals surface area (Å²) in [5.74, 6) is 0.268.